The summed E-state index contributed by atoms with van der Waals surface area (Å²) in [5.41, 5.74) is -0.116. The molecule has 4 aliphatic rings. The third kappa shape index (κ3) is 3.99. The largest absolute Gasteiger partial charge is 0.510 e. The second-order valence-corrected chi connectivity index (χ2v) is 10.6. The number of esters is 1. The van der Waals surface area contributed by atoms with Gasteiger partial charge in [0.25, 0.3) is 0 Å². The van der Waals surface area contributed by atoms with Crippen LogP contribution in [-0.2, 0) is 19.1 Å². The highest BCUT2D eigenvalue weighted by atomic mass is 35.5. The molecule has 174 valence electrons. The Labute approximate surface area is 195 Å². The number of aliphatic hydroxyl groups excluding tert-OH is 1. The van der Waals surface area contributed by atoms with Crippen molar-refractivity contribution < 1.29 is 24.2 Å². The first kappa shape index (κ1) is 23.3. The van der Waals surface area contributed by atoms with Crippen molar-refractivity contribution in [1.29, 1.82) is 0 Å². The summed E-state index contributed by atoms with van der Waals surface area (Å²) in [6, 6.07) is 0. The Morgan fingerprint density at radius 2 is 1.75 bits per heavy atom. The topological polar surface area (TPSA) is 76.1 Å². The predicted octanol–water partition coefficient (Wildman–Crippen LogP) is 5.13. The molecule has 0 radical (unpaired) electrons. The smallest absolute Gasteiger partial charge is 0.316 e. The average Bonchev–Trinajstić information content (AvgIpc) is 3.44. The van der Waals surface area contributed by atoms with E-state index in [-0.39, 0.29) is 52.1 Å². The van der Waals surface area contributed by atoms with Crippen LogP contribution in [0.1, 0.15) is 41.0 Å². The van der Waals surface area contributed by atoms with Gasteiger partial charge in [0.15, 0.2) is 5.78 Å². The first-order chi connectivity index (χ1) is 15.0. The normalized spacial score (nSPS) is 50.9. The number of Topliss-reactive ketones (excluding diaryl/α,β-unsaturated/α-hetero) is 1. The summed E-state index contributed by atoms with van der Waals surface area (Å²) in [4.78, 5) is 26.3. The monoisotopic (exact) mass is 460 g/mol. The van der Waals surface area contributed by atoms with E-state index in [4.69, 9.17) is 21.1 Å². The lowest BCUT2D eigenvalue weighted by Gasteiger charge is -2.46. The Hall–Kier alpha value is -1.85. The van der Waals surface area contributed by atoms with E-state index >= 15 is 0 Å². The molecule has 4 rings (SSSR count). The molecule has 0 unspecified atom stereocenters. The minimum absolute atomic E-state index is 0.0567. The zero-order valence-electron chi connectivity index (χ0n) is 19.3. The highest BCUT2D eigenvalue weighted by Crippen LogP contribution is 2.59. The van der Waals surface area contributed by atoms with Gasteiger partial charge in [0.2, 0.25) is 0 Å². The van der Waals surface area contributed by atoms with Gasteiger partial charge in [-0.3, -0.25) is 9.59 Å². The Bertz CT molecular complexity index is 917. The van der Waals surface area contributed by atoms with Crippen LogP contribution in [0.5, 0.6) is 0 Å². The minimum atomic E-state index is -1.02. The van der Waals surface area contributed by atoms with Crippen LogP contribution in [0.15, 0.2) is 47.2 Å². The number of rotatable bonds is 0. The van der Waals surface area contributed by atoms with E-state index in [9.17, 15) is 14.7 Å². The number of fused-ring (bicyclic) bond motifs is 4. The molecule has 5 nitrogen and oxygen atoms in total. The predicted molar refractivity (Wildman–Crippen MR) is 123 cm³/mol. The Morgan fingerprint density at radius 1 is 1.06 bits per heavy atom. The lowest BCUT2D eigenvalue weighted by Crippen LogP contribution is -2.48. The van der Waals surface area contributed by atoms with Crippen LogP contribution in [0.2, 0.25) is 0 Å². The van der Waals surface area contributed by atoms with Gasteiger partial charge in [-0.25, -0.2) is 0 Å². The average molecular weight is 461 g/mol. The summed E-state index contributed by atoms with van der Waals surface area (Å²) >= 11 is 6.49. The van der Waals surface area contributed by atoms with Crippen molar-refractivity contribution in [2.45, 2.75) is 58.8 Å². The third-order valence-corrected chi connectivity index (χ3v) is 8.28. The molecular weight excluding hydrogens is 428 g/mol. The fourth-order valence-corrected chi connectivity index (χ4v) is 6.35. The SMILES string of the molecule is C[C@H]1[C@H]2[C@@H]3C(=O)/C(Cl)=C(\O)[C@H](C)C(=O)O[C@@H](C)/C=C/C=C\[C@@H](C)[C@@H]3C=C[C@@H]2C[C@@]2(C)O[C@@H]12. The molecule has 0 aromatic carbocycles. The van der Waals surface area contributed by atoms with Crippen LogP contribution >= 0.6 is 11.6 Å². The second-order valence-electron chi connectivity index (χ2n) is 10.2. The molecule has 1 saturated heterocycles. The van der Waals surface area contributed by atoms with Crippen LogP contribution in [0.3, 0.4) is 0 Å². The molecule has 0 amide bonds. The van der Waals surface area contributed by atoms with Gasteiger partial charge in [-0.05, 0) is 62.9 Å². The number of hydrogen-bond donors (Lipinski definition) is 1. The molecule has 10 atom stereocenters. The lowest BCUT2D eigenvalue weighted by molar-refractivity contribution is -0.150. The molecule has 32 heavy (non-hydrogen) atoms. The van der Waals surface area contributed by atoms with Gasteiger partial charge in [0, 0.05) is 5.92 Å². The van der Waals surface area contributed by atoms with E-state index in [1.807, 2.05) is 12.2 Å². The first-order valence-electron chi connectivity index (χ1n) is 11.6. The number of halogens is 1. The number of carbonyl (C=O) groups is 2. The molecule has 2 heterocycles. The molecule has 2 fully saturated rings. The summed E-state index contributed by atoms with van der Waals surface area (Å²) in [6.07, 6.45) is 12.6. The Balaban J connectivity index is 1.78. The van der Waals surface area contributed by atoms with Gasteiger partial charge in [-0.2, -0.15) is 0 Å². The fraction of sp³-hybridized carbons (Fsp3) is 0.615. The van der Waals surface area contributed by atoms with E-state index < -0.39 is 29.7 Å². The maximum atomic E-state index is 13.8. The highest BCUT2D eigenvalue weighted by molar-refractivity contribution is 6.43. The van der Waals surface area contributed by atoms with Crippen molar-refractivity contribution in [3.05, 3.63) is 47.2 Å². The third-order valence-electron chi connectivity index (χ3n) is 7.90. The van der Waals surface area contributed by atoms with Crippen molar-refractivity contribution in [3.8, 4) is 0 Å². The number of aliphatic hydroxyl groups is 1. The maximum absolute atomic E-state index is 13.8. The van der Waals surface area contributed by atoms with E-state index in [2.05, 4.69) is 39.0 Å². The molecule has 2 aliphatic heterocycles. The Kier molecular flexibility index (Phi) is 6.19. The van der Waals surface area contributed by atoms with Crippen LogP contribution in [0.25, 0.3) is 0 Å². The highest BCUT2D eigenvalue weighted by Gasteiger charge is 2.64. The van der Waals surface area contributed by atoms with E-state index in [1.54, 1.807) is 13.0 Å². The summed E-state index contributed by atoms with van der Waals surface area (Å²) in [5, 5.41) is 10.5. The zero-order chi connectivity index (χ0) is 23.4. The maximum Gasteiger partial charge on any atom is 0.316 e. The summed E-state index contributed by atoms with van der Waals surface area (Å²) in [7, 11) is 0. The van der Waals surface area contributed by atoms with Crippen molar-refractivity contribution >= 4 is 23.4 Å². The number of hydrogen-bond acceptors (Lipinski definition) is 5. The van der Waals surface area contributed by atoms with Crippen LogP contribution in [0, 0.1) is 41.4 Å². The Morgan fingerprint density at radius 3 is 2.47 bits per heavy atom. The van der Waals surface area contributed by atoms with Crippen LogP contribution < -0.4 is 0 Å². The standard InChI is InChI=1S/C26H33ClO5/c1-13-8-6-7-9-14(2)31-25(30)16(4)22(28)21(27)23(29)20-18(13)11-10-17-12-26(5)24(32-26)15(3)19(17)20/h6-11,13-20,24,28H,12H2,1-5H3/b8-6-,9-7+,22-21+/t13-,14+,15+,16+,17-,18+,19-,20-,24+,26-/m1/s1. The number of carbonyl (C=O) groups excluding carboxylic acids is 2. The summed E-state index contributed by atoms with van der Waals surface area (Å²) in [6.45, 7) is 9.65. The van der Waals surface area contributed by atoms with Crippen LogP contribution in [-0.4, -0.2) is 34.7 Å². The molecule has 0 bridgehead atoms. The number of ketones is 1. The van der Waals surface area contributed by atoms with Crippen LogP contribution in [0.4, 0.5) is 0 Å². The van der Waals surface area contributed by atoms with Gasteiger partial charge in [-0.15, -0.1) is 0 Å². The minimum Gasteiger partial charge on any atom is -0.510 e. The van der Waals surface area contributed by atoms with E-state index in [0.29, 0.717) is 0 Å². The number of ether oxygens (including phenoxy) is 2. The summed E-state index contributed by atoms with van der Waals surface area (Å²) in [5.74, 6) is -2.30. The number of allylic oxidation sites excluding steroid dienone is 6. The van der Waals surface area contributed by atoms with E-state index in [0.717, 1.165) is 6.42 Å². The van der Waals surface area contributed by atoms with Crippen molar-refractivity contribution in [2.75, 3.05) is 0 Å². The summed E-state index contributed by atoms with van der Waals surface area (Å²) < 4.78 is 11.4. The van der Waals surface area contributed by atoms with Gasteiger partial charge < -0.3 is 14.6 Å². The lowest BCUT2D eigenvalue weighted by atomic mass is 9.56. The molecule has 0 spiro atoms. The van der Waals surface area contributed by atoms with Gasteiger partial charge in [0.05, 0.1) is 11.7 Å². The van der Waals surface area contributed by atoms with Crippen molar-refractivity contribution in [1.82, 2.24) is 0 Å². The number of epoxide rings is 1. The fourth-order valence-electron chi connectivity index (χ4n) is 6.06. The molecule has 1 saturated carbocycles. The first-order valence-corrected chi connectivity index (χ1v) is 12.0. The molecule has 0 aromatic rings. The van der Waals surface area contributed by atoms with E-state index in [1.165, 1.54) is 6.92 Å². The van der Waals surface area contributed by atoms with Gasteiger partial charge in [-0.1, -0.05) is 55.8 Å². The molecule has 0 aromatic heterocycles. The van der Waals surface area contributed by atoms with Gasteiger partial charge in [0.1, 0.15) is 22.8 Å². The molecule has 6 heteroatoms. The number of cyclic esters (lactones) is 1. The molecule has 2 aliphatic carbocycles. The quantitative estimate of drug-likeness (QED) is 0.308. The van der Waals surface area contributed by atoms with Gasteiger partial charge >= 0.3 is 5.97 Å². The second kappa shape index (κ2) is 8.49. The van der Waals surface area contributed by atoms with Crippen molar-refractivity contribution in [3.63, 3.8) is 0 Å². The van der Waals surface area contributed by atoms with Crippen molar-refractivity contribution in [2.24, 2.45) is 41.4 Å². The zero-order valence-corrected chi connectivity index (χ0v) is 20.1. The molecule has 1 N–H and O–H groups in total. The molecular formula is C26H33ClO5.